The maximum Gasteiger partial charge on any atom is 0.330 e. The fraction of sp³-hybridized carbons (Fsp3) is 0.444. The van der Waals surface area contributed by atoms with Crippen LogP contribution >= 0.6 is 0 Å². The molecule has 0 fully saturated rings. The minimum Gasteiger partial charge on any atom is -0.478 e. The molecule has 0 aromatic rings. The highest BCUT2D eigenvalue weighted by atomic mass is 16.4. The van der Waals surface area contributed by atoms with Crippen molar-refractivity contribution < 1.29 is 9.90 Å². The monoisotopic (exact) mass is 167 g/mol. The Morgan fingerprint density at radius 2 is 2.33 bits per heavy atom. The van der Waals surface area contributed by atoms with Gasteiger partial charge in [0.05, 0.1) is 6.54 Å². The van der Waals surface area contributed by atoms with Crippen molar-refractivity contribution in [2.75, 3.05) is 13.1 Å². The average molecular weight is 167 g/mol. The molecule has 0 aliphatic carbocycles. The van der Waals surface area contributed by atoms with Crippen molar-refractivity contribution in [2.45, 2.75) is 13.8 Å². The van der Waals surface area contributed by atoms with Crippen molar-refractivity contribution in [1.82, 2.24) is 5.32 Å². The maximum atomic E-state index is 10.3. The van der Waals surface area contributed by atoms with E-state index in [1.807, 2.05) is 0 Å². The van der Waals surface area contributed by atoms with Crippen LogP contribution in [0.1, 0.15) is 13.8 Å². The molecule has 0 aliphatic rings. The largest absolute Gasteiger partial charge is 0.478 e. The lowest BCUT2D eigenvalue weighted by molar-refractivity contribution is -0.132. The number of hydrogen-bond acceptors (Lipinski definition) is 2. The molecule has 0 spiro atoms. The van der Waals surface area contributed by atoms with E-state index in [4.69, 9.17) is 5.11 Å². The fourth-order valence-corrected chi connectivity index (χ4v) is 0.536. The molecule has 0 atom stereocenters. The van der Waals surface area contributed by atoms with Crippen LogP contribution in [0.3, 0.4) is 0 Å². The lowest BCUT2D eigenvalue weighted by Crippen LogP contribution is -2.14. The zero-order valence-electron chi connectivity index (χ0n) is 7.35. The van der Waals surface area contributed by atoms with Crippen LogP contribution in [0.5, 0.6) is 0 Å². The van der Waals surface area contributed by atoms with Gasteiger partial charge in [-0.25, -0.2) is 4.79 Å². The molecule has 0 bridgehead atoms. The molecule has 0 saturated heterocycles. The Morgan fingerprint density at radius 3 is 2.83 bits per heavy atom. The molecule has 0 unspecified atom stereocenters. The molecule has 3 heteroatoms. The summed E-state index contributed by atoms with van der Waals surface area (Å²) >= 11 is 0. The Balaban J connectivity index is 3.58. The Labute approximate surface area is 72.5 Å². The quantitative estimate of drug-likeness (QED) is 0.367. The molecule has 0 aromatic heterocycles. The second kappa shape index (κ2) is 6.44. The number of aliphatic carboxylic acids is 1. The van der Waals surface area contributed by atoms with E-state index in [0.717, 1.165) is 0 Å². The van der Waals surface area contributed by atoms with Crippen LogP contribution in [0.4, 0.5) is 0 Å². The van der Waals surface area contributed by atoms with Gasteiger partial charge in [-0.1, -0.05) is 12.0 Å². The van der Waals surface area contributed by atoms with E-state index in [2.05, 4.69) is 17.2 Å². The summed E-state index contributed by atoms with van der Waals surface area (Å²) in [5.41, 5.74) is 0.354. The molecule has 0 aromatic carbocycles. The third-order valence-electron chi connectivity index (χ3n) is 1.28. The number of carbonyl (C=O) groups is 1. The lowest BCUT2D eigenvalue weighted by atomic mass is 10.3. The van der Waals surface area contributed by atoms with E-state index in [9.17, 15) is 4.79 Å². The van der Waals surface area contributed by atoms with Crippen LogP contribution in [0.25, 0.3) is 0 Å². The standard InChI is InChI=1S/C9H13NO2/c1-3-4-6-10-7-5-8(2)9(11)12/h5,10H,6-7H2,1-2H3,(H,11,12)/b8-5-. The number of carboxylic acids is 1. The SMILES string of the molecule is CC#CCNC/C=C(/C)C(=O)O. The number of nitrogens with one attached hydrogen (secondary N) is 1. The molecule has 0 saturated carbocycles. The number of carboxylic acid groups (broad SMARTS) is 1. The van der Waals surface area contributed by atoms with E-state index in [1.54, 1.807) is 19.9 Å². The van der Waals surface area contributed by atoms with Gasteiger partial charge in [0, 0.05) is 12.1 Å². The van der Waals surface area contributed by atoms with Crippen molar-refractivity contribution in [3.8, 4) is 11.8 Å². The molecule has 12 heavy (non-hydrogen) atoms. The van der Waals surface area contributed by atoms with Crippen molar-refractivity contribution in [3.05, 3.63) is 11.6 Å². The van der Waals surface area contributed by atoms with Gasteiger partial charge in [0.25, 0.3) is 0 Å². The van der Waals surface area contributed by atoms with Crippen LogP contribution in [0.15, 0.2) is 11.6 Å². The molecule has 0 amide bonds. The summed E-state index contributed by atoms with van der Waals surface area (Å²) in [6.07, 6.45) is 1.62. The first-order chi connectivity index (χ1) is 5.68. The number of rotatable bonds is 4. The topological polar surface area (TPSA) is 49.3 Å². The second-order valence-electron chi connectivity index (χ2n) is 2.25. The molecule has 3 nitrogen and oxygen atoms in total. The molecule has 0 heterocycles. The third kappa shape index (κ3) is 5.51. The molecular weight excluding hydrogens is 154 g/mol. The van der Waals surface area contributed by atoms with Gasteiger partial charge in [0.1, 0.15) is 0 Å². The summed E-state index contributed by atoms with van der Waals surface area (Å²) in [6.45, 7) is 4.47. The minimum absolute atomic E-state index is 0.354. The van der Waals surface area contributed by atoms with Gasteiger partial charge in [-0.15, -0.1) is 5.92 Å². The highest BCUT2D eigenvalue weighted by Crippen LogP contribution is 1.88. The van der Waals surface area contributed by atoms with Crippen LogP contribution < -0.4 is 5.32 Å². The first kappa shape index (κ1) is 10.7. The van der Waals surface area contributed by atoms with Crippen molar-refractivity contribution in [2.24, 2.45) is 0 Å². The van der Waals surface area contributed by atoms with E-state index < -0.39 is 5.97 Å². The Kier molecular flexibility index (Phi) is 5.76. The summed E-state index contributed by atoms with van der Waals surface area (Å²) in [6, 6.07) is 0. The summed E-state index contributed by atoms with van der Waals surface area (Å²) in [4.78, 5) is 10.3. The second-order valence-corrected chi connectivity index (χ2v) is 2.25. The van der Waals surface area contributed by atoms with Crippen LogP contribution in [-0.2, 0) is 4.79 Å². The average Bonchev–Trinajstić information content (AvgIpc) is 2.03. The molecular formula is C9H13NO2. The summed E-state index contributed by atoms with van der Waals surface area (Å²) < 4.78 is 0. The fourth-order valence-electron chi connectivity index (χ4n) is 0.536. The molecule has 66 valence electrons. The van der Waals surface area contributed by atoms with Crippen molar-refractivity contribution in [1.29, 1.82) is 0 Å². The minimum atomic E-state index is -0.877. The predicted octanol–water partition coefficient (Wildman–Crippen LogP) is 0.630. The van der Waals surface area contributed by atoms with E-state index in [-0.39, 0.29) is 0 Å². The Bertz CT molecular complexity index is 233. The van der Waals surface area contributed by atoms with Gasteiger partial charge in [0.2, 0.25) is 0 Å². The van der Waals surface area contributed by atoms with Crippen LogP contribution in [-0.4, -0.2) is 24.2 Å². The van der Waals surface area contributed by atoms with Gasteiger partial charge < -0.3 is 10.4 Å². The van der Waals surface area contributed by atoms with Gasteiger partial charge in [-0.3, -0.25) is 0 Å². The first-order valence-corrected chi connectivity index (χ1v) is 3.69. The smallest absolute Gasteiger partial charge is 0.330 e. The van der Waals surface area contributed by atoms with E-state index >= 15 is 0 Å². The molecule has 0 aliphatic heterocycles. The predicted molar refractivity (Wildman–Crippen MR) is 47.7 cm³/mol. The van der Waals surface area contributed by atoms with Crippen molar-refractivity contribution >= 4 is 5.97 Å². The van der Waals surface area contributed by atoms with Crippen molar-refractivity contribution in [3.63, 3.8) is 0 Å². The zero-order valence-corrected chi connectivity index (χ0v) is 7.35. The van der Waals surface area contributed by atoms with Gasteiger partial charge >= 0.3 is 5.97 Å². The summed E-state index contributed by atoms with van der Waals surface area (Å²) in [5.74, 6) is 4.67. The van der Waals surface area contributed by atoms with Gasteiger partial charge in [-0.05, 0) is 13.8 Å². The van der Waals surface area contributed by atoms with Gasteiger partial charge in [0.15, 0.2) is 0 Å². The van der Waals surface area contributed by atoms with E-state index in [1.165, 1.54) is 0 Å². The Morgan fingerprint density at radius 1 is 1.67 bits per heavy atom. The third-order valence-corrected chi connectivity index (χ3v) is 1.28. The molecule has 2 N–H and O–H groups in total. The normalized spacial score (nSPS) is 10.3. The number of hydrogen-bond donors (Lipinski definition) is 2. The zero-order chi connectivity index (χ0) is 9.40. The van der Waals surface area contributed by atoms with Crippen LogP contribution in [0, 0.1) is 11.8 Å². The molecule has 0 radical (unpaired) electrons. The lowest BCUT2D eigenvalue weighted by Gasteiger charge is -1.94. The highest BCUT2D eigenvalue weighted by Gasteiger charge is 1.96. The summed E-state index contributed by atoms with van der Waals surface area (Å²) in [5, 5.41) is 11.4. The summed E-state index contributed by atoms with van der Waals surface area (Å²) in [7, 11) is 0. The maximum absolute atomic E-state index is 10.3. The Hall–Kier alpha value is -1.27. The highest BCUT2D eigenvalue weighted by molar-refractivity contribution is 5.85. The molecule has 0 rings (SSSR count). The first-order valence-electron chi connectivity index (χ1n) is 3.69. The van der Waals surface area contributed by atoms with Crippen LogP contribution in [0.2, 0.25) is 0 Å². The van der Waals surface area contributed by atoms with Gasteiger partial charge in [-0.2, -0.15) is 0 Å². The van der Waals surface area contributed by atoms with E-state index in [0.29, 0.717) is 18.7 Å².